The minimum atomic E-state index is -1.38. The Bertz CT molecular complexity index is 1970. The molecule has 1 saturated carbocycles. The third kappa shape index (κ3) is 11.7. The van der Waals surface area contributed by atoms with Crippen molar-refractivity contribution in [2.75, 3.05) is 72.2 Å². The van der Waals surface area contributed by atoms with E-state index < -0.39 is 33.8 Å². The summed E-state index contributed by atoms with van der Waals surface area (Å²) < 4.78 is 46.5. The molecule has 0 aliphatic heterocycles. The average Bonchev–Trinajstić information content (AvgIpc) is 3.87. The Morgan fingerprint density at radius 1 is 0.900 bits per heavy atom. The summed E-state index contributed by atoms with van der Waals surface area (Å²) in [7, 11) is 0.453. The summed E-state index contributed by atoms with van der Waals surface area (Å²) in [4.78, 5) is 21.4. The predicted octanol–water partition coefficient (Wildman–Crippen LogP) is 8.27. The fraction of sp³-hybridized carbons (Fsp3) is 0.591. The molecular formula is C44H68N6O8Si2. The molecule has 5 rings (SSSR count). The van der Waals surface area contributed by atoms with Crippen molar-refractivity contribution < 1.29 is 38.0 Å². The zero-order valence-corrected chi connectivity index (χ0v) is 39.6. The van der Waals surface area contributed by atoms with Crippen LogP contribution in [0.4, 0.5) is 5.82 Å². The van der Waals surface area contributed by atoms with Crippen LogP contribution in [0.25, 0.3) is 28.2 Å². The van der Waals surface area contributed by atoms with Crippen molar-refractivity contribution in [1.82, 2.24) is 24.4 Å². The summed E-state index contributed by atoms with van der Waals surface area (Å²) in [5.74, 6) is 0.494. The highest BCUT2D eigenvalue weighted by Gasteiger charge is 2.53. The highest BCUT2D eigenvalue weighted by atomic mass is 28.3. The largest absolute Gasteiger partial charge is 0.494 e. The third-order valence-electron chi connectivity index (χ3n) is 10.8. The highest BCUT2D eigenvalue weighted by Crippen LogP contribution is 2.46. The lowest BCUT2D eigenvalue weighted by atomic mass is 9.74. The molecule has 330 valence electrons. The number of aromatic nitrogens is 5. The maximum absolute atomic E-state index is 13.8. The molecule has 0 N–H and O–H groups in total. The number of hydrogen-bond donors (Lipinski definition) is 0. The van der Waals surface area contributed by atoms with Crippen LogP contribution in [0.15, 0.2) is 55.5 Å². The van der Waals surface area contributed by atoms with E-state index >= 15 is 0 Å². The summed E-state index contributed by atoms with van der Waals surface area (Å²) >= 11 is 0. The SMILES string of the molecule is C=C(OCC)c1c(C2CCC(OCCOC)(C(=O)OCC)C(OC)C2)nc2c(-c3cnn(-c4ccccc4)c3)cnn2c1N(COCC[Si](C)(C)C)COCC[Si](C)(C)C. The molecular weight excluding hydrogens is 797 g/mol. The Balaban J connectivity index is 1.71. The van der Waals surface area contributed by atoms with E-state index in [1.165, 1.54) is 0 Å². The zero-order valence-electron chi connectivity index (χ0n) is 37.6. The summed E-state index contributed by atoms with van der Waals surface area (Å²) in [6.45, 7) is 25.2. The molecule has 0 amide bonds. The normalized spacial score (nSPS) is 18.5. The molecule has 1 fully saturated rings. The molecule has 60 heavy (non-hydrogen) atoms. The van der Waals surface area contributed by atoms with Crippen molar-refractivity contribution in [2.45, 2.75) is 102 Å². The second-order valence-corrected chi connectivity index (χ2v) is 29.0. The van der Waals surface area contributed by atoms with Crippen LogP contribution in [0.3, 0.4) is 0 Å². The summed E-state index contributed by atoms with van der Waals surface area (Å²) in [5.41, 5.74) is 3.35. The van der Waals surface area contributed by atoms with Crippen molar-refractivity contribution in [1.29, 1.82) is 0 Å². The number of esters is 1. The maximum atomic E-state index is 13.8. The van der Waals surface area contributed by atoms with Crippen LogP contribution in [0.5, 0.6) is 0 Å². The number of carbonyl (C=O) groups is 1. The topological polar surface area (TPSA) is 133 Å². The minimum absolute atomic E-state index is 0.209. The second-order valence-electron chi connectivity index (χ2n) is 17.7. The smallest absolute Gasteiger partial charge is 0.341 e. The lowest BCUT2D eigenvalue weighted by molar-refractivity contribution is -0.203. The van der Waals surface area contributed by atoms with Gasteiger partial charge in [0.2, 0.25) is 0 Å². The molecule has 14 nitrogen and oxygen atoms in total. The van der Waals surface area contributed by atoms with Gasteiger partial charge in [-0.15, -0.1) is 0 Å². The fourth-order valence-corrected chi connectivity index (χ4v) is 8.93. The van der Waals surface area contributed by atoms with Gasteiger partial charge in [-0.2, -0.15) is 14.7 Å². The summed E-state index contributed by atoms with van der Waals surface area (Å²) in [5, 5.41) is 9.74. The van der Waals surface area contributed by atoms with Crippen molar-refractivity contribution in [2.24, 2.45) is 0 Å². The molecule has 3 unspecified atom stereocenters. The van der Waals surface area contributed by atoms with Gasteiger partial charge >= 0.3 is 5.97 Å². The van der Waals surface area contributed by atoms with Crippen molar-refractivity contribution in [3.05, 3.63) is 66.8 Å². The van der Waals surface area contributed by atoms with Gasteiger partial charge in [-0.25, -0.2) is 14.5 Å². The van der Waals surface area contributed by atoms with Crippen LogP contribution in [-0.2, 0) is 38.0 Å². The number of benzene rings is 1. The molecule has 16 heteroatoms. The minimum Gasteiger partial charge on any atom is -0.494 e. The molecule has 0 saturated heterocycles. The third-order valence-corrected chi connectivity index (χ3v) is 14.2. The van der Waals surface area contributed by atoms with Crippen molar-refractivity contribution in [3.63, 3.8) is 0 Å². The van der Waals surface area contributed by atoms with E-state index in [1.807, 2.05) is 65.0 Å². The zero-order chi connectivity index (χ0) is 43.5. The summed E-state index contributed by atoms with van der Waals surface area (Å²) in [6, 6.07) is 12.0. The van der Waals surface area contributed by atoms with Crippen molar-refractivity contribution >= 4 is 39.3 Å². The lowest BCUT2D eigenvalue weighted by Crippen LogP contribution is -2.56. The standard InChI is InChI=1S/C44H68N6O8Si2/c1-12-56-33(3)39-40(34-19-20-44(38(27-34)53-5,43(51)57-13-2)58-22-21-52-4)47-41-37(35-28-45-49(30-35)36-17-15-14-16-18-36)29-46-50(41)42(39)48(31-54-23-25-59(6,7)8)32-55-24-26-60(9,10)11/h14-18,28-30,34,38H,3,12-13,19-27,31-32H2,1-2,4-11H3. The quantitative estimate of drug-likeness (QED) is 0.0221. The number of carbonyl (C=O) groups excluding carboxylic acids is 1. The van der Waals surface area contributed by atoms with Gasteiger partial charge in [0.1, 0.15) is 25.0 Å². The average molecular weight is 865 g/mol. The van der Waals surface area contributed by atoms with Crippen LogP contribution >= 0.6 is 0 Å². The van der Waals surface area contributed by atoms with Crippen LogP contribution in [0, 0.1) is 0 Å². The number of nitrogens with zero attached hydrogens (tertiary/aromatic N) is 6. The Morgan fingerprint density at radius 3 is 2.17 bits per heavy atom. The first-order valence-electron chi connectivity index (χ1n) is 21.2. The first kappa shape index (κ1) is 47.1. The number of anilines is 1. The first-order chi connectivity index (χ1) is 28.7. The fourth-order valence-electron chi connectivity index (χ4n) is 7.42. The van der Waals surface area contributed by atoms with Gasteiger partial charge in [-0.3, -0.25) is 0 Å². The van der Waals surface area contributed by atoms with Crippen LogP contribution in [-0.4, -0.2) is 126 Å². The molecule has 3 atom stereocenters. The van der Waals surface area contributed by atoms with E-state index in [2.05, 4.69) is 50.8 Å². The van der Waals surface area contributed by atoms with Gasteiger partial charge in [0, 0.05) is 66.8 Å². The number of ether oxygens (including phenoxy) is 7. The molecule has 1 aliphatic carbocycles. The Morgan fingerprint density at radius 2 is 1.57 bits per heavy atom. The molecule has 0 bridgehead atoms. The van der Waals surface area contributed by atoms with Gasteiger partial charge < -0.3 is 38.1 Å². The van der Waals surface area contributed by atoms with Gasteiger partial charge in [0.05, 0.1) is 61.9 Å². The monoisotopic (exact) mass is 864 g/mol. The molecule has 1 aliphatic rings. The van der Waals surface area contributed by atoms with Gasteiger partial charge in [0.25, 0.3) is 0 Å². The van der Waals surface area contributed by atoms with E-state index in [0.29, 0.717) is 68.5 Å². The summed E-state index contributed by atoms with van der Waals surface area (Å²) in [6.07, 6.45) is 6.29. The Labute approximate surface area is 358 Å². The highest BCUT2D eigenvalue weighted by molar-refractivity contribution is 6.76. The van der Waals surface area contributed by atoms with E-state index in [4.69, 9.17) is 48.3 Å². The van der Waals surface area contributed by atoms with Crippen LogP contribution in [0.1, 0.15) is 50.3 Å². The number of para-hydroxylation sites is 1. The molecule has 1 aromatic carbocycles. The van der Waals surface area contributed by atoms with Crippen LogP contribution in [0.2, 0.25) is 51.4 Å². The number of rotatable bonds is 24. The van der Waals surface area contributed by atoms with Crippen molar-refractivity contribution in [3.8, 4) is 16.8 Å². The Hall–Kier alpha value is -3.91. The van der Waals surface area contributed by atoms with Gasteiger partial charge in [-0.05, 0) is 57.3 Å². The van der Waals surface area contributed by atoms with E-state index in [-0.39, 0.29) is 32.6 Å². The molecule has 3 aromatic heterocycles. The second kappa shape index (κ2) is 21.3. The van der Waals surface area contributed by atoms with E-state index in [0.717, 1.165) is 34.6 Å². The van der Waals surface area contributed by atoms with Crippen LogP contribution < -0.4 is 4.90 Å². The number of hydrogen-bond acceptors (Lipinski definition) is 12. The number of methoxy groups -OCH3 is 2. The molecule has 0 spiro atoms. The predicted molar refractivity (Wildman–Crippen MR) is 241 cm³/mol. The van der Waals surface area contributed by atoms with Gasteiger partial charge in [-0.1, -0.05) is 64.1 Å². The Kier molecular flexibility index (Phi) is 16.7. The molecule has 3 heterocycles. The van der Waals surface area contributed by atoms with E-state index in [1.54, 1.807) is 21.1 Å². The lowest BCUT2D eigenvalue weighted by Gasteiger charge is -2.43. The van der Waals surface area contributed by atoms with Gasteiger partial charge in [0.15, 0.2) is 11.2 Å². The maximum Gasteiger partial charge on any atom is 0.341 e. The van der Waals surface area contributed by atoms with E-state index in [9.17, 15) is 4.79 Å². The first-order valence-corrected chi connectivity index (χ1v) is 28.6. The molecule has 0 radical (unpaired) electrons. The number of fused-ring (bicyclic) bond motifs is 1. The molecule has 4 aromatic rings.